The van der Waals surface area contributed by atoms with E-state index < -0.39 is 0 Å². The van der Waals surface area contributed by atoms with Gasteiger partial charge in [-0.2, -0.15) is 0 Å². The van der Waals surface area contributed by atoms with Crippen LogP contribution in [-0.2, 0) is 6.42 Å². The first-order chi connectivity index (χ1) is 6.03. The molecule has 0 spiro atoms. The highest BCUT2D eigenvalue weighted by molar-refractivity contribution is 6.18. The standard InChI is InChI=1S/C12H17Cl/c1-10-4-6-11(7-5-10)8-12(2,3)9-13/h4-7H,8-9H2,1-3H3. The molecule has 0 heterocycles. The maximum absolute atomic E-state index is 5.87. The fourth-order valence-corrected chi connectivity index (χ4v) is 1.40. The van der Waals surface area contributed by atoms with Gasteiger partial charge in [0, 0.05) is 5.88 Å². The first kappa shape index (κ1) is 10.6. The van der Waals surface area contributed by atoms with Crippen LogP contribution in [0.15, 0.2) is 24.3 Å². The Labute approximate surface area is 85.9 Å². The van der Waals surface area contributed by atoms with E-state index in [2.05, 4.69) is 45.0 Å². The van der Waals surface area contributed by atoms with Crippen LogP contribution < -0.4 is 0 Å². The normalized spacial score (nSPS) is 11.7. The molecule has 0 unspecified atom stereocenters. The van der Waals surface area contributed by atoms with Gasteiger partial charge in [0.2, 0.25) is 0 Å². The van der Waals surface area contributed by atoms with E-state index in [0.717, 1.165) is 6.42 Å². The molecule has 0 fully saturated rings. The molecule has 1 aromatic rings. The summed E-state index contributed by atoms with van der Waals surface area (Å²) in [5.41, 5.74) is 2.89. The predicted octanol–water partition coefficient (Wildman–Crippen LogP) is 3.80. The number of hydrogen-bond acceptors (Lipinski definition) is 0. The molecule has 0 bridgehead atoms. The summed E-state index contributed by atoms with van der Waals surface area (Å²) in [5.74, 6) is 0.709. The molecule has 0 aromatic heterocycles. The van der Waals surface area contributed by atoms with E-state index in [9.17, 15) is 0 Å². The first-order valence-electron chi connectivity index (χ1n) is 4.65. The van der Waals surface area contributed by atoms with Crippen molar-refractivity contribution in [3.05, 3.63) is 35.4 Å². The van der Waals surface area contributed by atoms with Crippen LogP contribution in [-0.4, -0.2) is 5.88 Å². The van der Waals surface area contributed by atoms with Crippen molar-refractivity contribution >= 4 is 11.6 Å². The number of alkyl halides is 1. The van der Waals surface area contributed by atoms with E-state index in [-0.39, 0.29) is 5.41 Å². The fourth-order valence-electron chi connectivity index (χ4n) is 1.31. The summed E-state index contributed by atoms with van der Waals surface area (Å²) in [6.45, 7) is 6.50. The topological polar surface area (TPSA) is 0 Å². The second-order valence-electron chi connectivity index (χ2n) is 4.46. The van der Waals surface area contributed by atoms with Crippen LogP contribution in [0.1, 0.15) is 25.0 Å². The summed E-state index contributed by atoms with van der Waals surface area (Å²) < 4.78 is 0. The minimum absolute atomic E-state index is 0.205. The van der Waals surface area contributed by atoms with Crippen LogP contribution in [0, 0.1) is 12.3 Å². The highest BCUT2D eigenvalue weighted by atomic mass is 35.5. The zero-order valence-corrected chi connectivity index (χ0v) is 9.36. The molecule has 0 aliphatic heterocycles. The Bertz CT molecular complexity index is 259. The van der Waals surface area contributed by atoms with Gasteiger partial charge >= 0.3 is 0 Å². The van der Waals surface area contributed by atoms with E-state index in [4.69, 9.17) is 11.6 Å². The van der Waals surface area contributed by atoms with Crippen molar-refractivity contribution in [1.82, 2.24) is 0 Å². The molecule has 0 radical (unpaired) electrons. The van der Waals surface area contributed by atoms with Crippen LogP contribution in [0.3, 0.4) is 0 Å². The Morgan fingerprint density at radius 1 is 1.15 bits per heavy atom. The third kappa shape index (κ3) is 3.40. The number of hydrogen-bond donors (Lipinski definition) is 0. The minimum Gasteiger partial charge on any atom is -0.126 e. The zero-order valence-electron chi connectivity index (χ0n) is 8.60. The van der Waals surface area contributed by atoms with Gasteiger partial charge in [-0.05, 0) is 24.3 Å². The molecule has 1 heteroatoms. The Kier molecular flexibility index (Phi) is 3.38. The lowest BCUT2D eigenvalue weighted by Gasteiger charge is -2.21. The average molecular weight is 197 g/mol. The molecule has 0 N–H and O–H groups in total. The van der Waals surface area contributed by atoms with Gasteiger partial charge in [-0.25, -0.2) is 0 Å². The van der Waals surface area contributed by atoms with Gasteiger partial charge < -0.3 is 0 Å². The summed E-state index contributed by atoms with van der Waals surface area (Å²) >= 11 is 5.87. The van der Waals surface area contributed by atoms with Gasteiger partial charge in [0.05, 0.1) is 0 Å². The molecular formula is C12H17Cl. The third-order valence-electron chi connectivity index (χ3n) is 2.17. The molecule has 72 valence electrons. The quantitative estimate of drug-likeness (QED) is 0.646. The summed E-state index contributed by atoms with van der Waals surface area (Å²) in [6, 6.07) is 8.67. The minimum atomic E-state index is 0.205. The van der Waals surface area contributed by atoms with E-state index >= 15 is 0 Å². The Morgan fingerprint density at radius 2 is 1.69 bits per heavy atom. The van der Waals surface area contributed by atoms with Gasteiger partial charge in [0.25, 0.3) is 0 Å². The fraction of sp³-hybridized carbons (Fsp3) is 0.500. The smallest absolute Gasteiger partial charge is 0.0277 e. The second kappa shape index (κ2) is 4.15. The predicted molar refractivity (Wildman–Crippen MR) is 59.4 cm³/mol. The third-order valence-corrected chi connectivity index (χ3v) is 2.89. The van der Waals surface area contributed by atoms with Gasteiger partial charge in [0.1, 0.15) is 0 Å². The maximum atomic E-state index is 5.87. The van der Waals surface area contributed by atoms with Crippen molar-refractivity contribution in [2.24, 2.45) is 5.41 Å². The van der Waals surface area contributed by atoms with E-state index in [0.29, 0.717) is 5.88 Å². The van der Waals surface area contributed by atoms with Crippen molar-refractivity contribution in [2.45, 2.75) is 27.2 Å². The number of aryl methyl sites for hydroxylation is 1. The lowest BCUT2D eigenvalue weighted by atomic mass is 9.88. The molecule has 0 saturated carbocycles. The van der Waals surface area contributed by atoms with Crippen LogP contribution >= 0.6 is 11.6 Å². The van der Waals surface area contributed by atoms with Crippen LogP contribution in [0.25, 0.3) is 0 Å². The number of benzene rings is 1. The van der Waals surface area contributed by atoms with Crippen LogP contribution in [0.2, 0.25) is 0 Å². The Balaban J connectivity index is 2.69. The van der Waals surface area contributed by atoms with E-state index in [1.54, 1.807) is 0 Å². The van der Waals surface area contributed by atoms with Crippen LogP contribution in [0.5, 0.6) is 0 Å². The maximum Gasteiger partial charge on any atom is 0.0277 e. The molecule has 0 aliphatic rings. The van der Waals surface area contributed by atoms with Crippen molar-refractivity contribution < 1.29 is 0 Å². The van der Waals surface area contributed by atoms with E-state index in [1.165, 1.54) is 11.1 Å². The molecule has 0 amide bonds. The Hall–Kier alpha value is -0.490. The molecule has 0 aliphatic carbocycles. The van der Waals surface area contributed by atoms with Crippen molar-refractivity contribution in [3.8, 4) is 0 Å². The second-order valence-corrected chi connectivity index (χ2v) is 4.73. The highest BCUT2D eigenvalue weighted by Crippen LogP contribution is 2.23. The van der Waals surface area contributed by atoms with Crippen molar-refractivity contribution in [2.75, 3.05) is 5.88 Å². The monoisotopic (exact) mass is 196 g/mol. The van der Waals surface area contributed by atoms with Gasteiger partial charge in [-0.3, -0.25) is 0 Å². The van der Waals surface area contributed by atoms with E-state index in [1.807, 2.05) is 0 Å². The molecular weight excluding hydrogens is 180 g/mol. The number of halogens is 1. The summed E-state index contributed by atoms with van der Waals surface area (Å²) in [6.07, 6.45) is 1.05. The largest absolute Gasteiger partial charge is 0.126 e. The molecule has 13 heavy (non-hydrogen) atoms. The Morgan fingerprint density at radius 3 is 2.15 bits per heavy atom. The first-order valence-corrected chi connectivity index (χ1v) is 5.18. The van der Waals surface area contributed by atoms with Crippen LogP contribution in [0.4, 0.5) is 0 Å². The molecule has 0 saturated heterocycles. The SMILES string of the molecule is Cc1ccc(CC(C)(C)CCl)cc1. The van der Waals surface area contributed by atoms with Gasteiger partial charge in [-0.1, -0.05) is 43.7 Å². The highest BCUT2D eigenvalue weighted by Gasteiger charge is 2.16. The lowest BCUT2D eigenvalue weighted by molar-refractivity contribution is 0.418. The van der Waals surface area contributed by atoms with Gasteiger partial charge in [-0.15, -0.1) is 11.6 Å². The summed E-state index contributed by atoms with van der Waals surface area (Å²) in [4.78, 5) is 0. The van der Waals surface area contributed by atoms with Crippen molar-refractivity contribution in [1.29, 1.82) is 0 Å². The zero-order chi connectivity index (χ0) is 9.90. The van der Waals surface area contributed by atoms with Gasteiger partial charge in [0.15, 0.2) is 0 Å². The molecule has 1 rings (SSSR count). The molecule has 0 atom stereocenters. The lowest BCUT2D eigenvalue weighted by Crippen LogP contribution is -2.16. The molecule has 1 aromatic carbocycles. The summed E-state index contributed by atoms with van der Waals surface area (Å²) in [5, 5.41) is 0. The number of rotatable bonds is 3. The molecule has 0 nitrogen and oxygen atoms in total. The summed E-state index contributed by atoms with van der Waals surface area (Å²) in [7, 11) is 0. The van der Waals surface area contributed by atoms with Crippen molar-refractivity contribution in [3.63, 3.8) is 0 Å². The average Bonchev–Trinajstić information content (AvgIpc) is 2.09.